The fraction of sp³-hybridized carbons (Fsp3) is 0.360. The number of nitrogens with one attached hydrogen (secondary N) is 1. The molecule has 32 heavy (non-hydrogen) atoms. The summed E-state index contributed by atoms with van der Waals surface area (Å²) in [5.41, 5.74) is 0.766. The van der Waals surface area contributed by atoms with Crippen molar-refractivity contribution < 1.29 is 24.1 Å². The van der Waals surface area contributed by atoms with E-state index in [1.807, 2.05) is 48.5 Å². The van der Waals surface area contributed by atoms with Crippen LogP contribution >= 0.6 is 0 Å². The number of nitrogens with zero attached hydrogens (tertiary/aromatic N) is 1. The van der Waals surface area contributed by atoms with Gasteiger partial charge in [-0.1, -0.05) is 24.3 Å². The summed E-state index contributed by atoms with van der Waals surface area (Å²) in [5.74, 6) is 1.74. The van der Waals surface area contributed by atoms with E-state index >= 15 is 0 Å². The number of aliphatic hydroxyl groups excluding tert-OH is 1. The number of hydrogen-bond acceptors (Lipinski definition) is 6. The SMILES string of the molecule is C=CC[C@]1(C(=O)NCCc2ccccc2OC)COC(c2ccc(OCCCO)cc2)=N1. The van der Waals surface area contributed by atoms with Gasteiger partial charge in [0.15, 0.2) is 5.54 Å². The highest BCUT2D eigenvalue weighted by molar-refractivity contribution is 6.00. The minimum Gasteiger partial charge on any atom is -0.496 e. The van der Waals surface area contributed by atoms with Crippen molar-refractivity contribution in [2.24, 2.45) is 4.99 Å². The summed E-state index contributed by atoms with van der Waals surface area (Å²) < 4.78 is 16.7. The van der Waals surface area contributed by atoms with Crippen LogP contribution in [0, 0.1) is 0 Å². The van der Waals surface area contributed by atoms with Crippen molar-refractivity contribution in [3.05, 3.63) is 72.3 Å². The summed E-state index contributed by atoms with van der Waals surface area (Å²) >= 11 is 0. The maximum atomic E-state index is 13.1. The second-order valence-corrected chi connectivity index (χ2v) is 7.50. The molecule has 0 bridgehead atoms. The van der Waals surface area contributed by atoms with Crippen LogP contribution in [0.3, 0.4) is 0 Å². The fourth-order valence-electron chi connectivity index (χ4n) is 3.48. The Balaban J connectivity index is 1.65. The second-order valence-electron chi connectivity index (χ2n) is 7.50. The van der Waals surface area contributed by atoms with E-state index in [-0.39, 0.29) is 19.1 Å². The molecule has 0 aliphatic carbocycles. The quantitative estimate of drug-likeness (QED) is 0.393. The number of rotatable bonds is 12. The zero-order chi connectivity index (χ0) is 22.8. The topological polar surface area (TPSA) is 89.4 Å². The van der Waals surface area contributed by atoms with E-state index in [1.54, 1.807) is 13.2 Å². The van der Waals surface area contributed by atoms with Gasteiger partial charge in [-0.05, 0) is 42.3 Å². The largest absolute Gasteiger partial charge is 0.496 e. The van der Waals surface area contributed by atoms with Crippen molar-refractivity contribution in [3.63, 3.8) is 0 Å². The number of aliphatic hydroxyl groups is 1. The number of amides is 1. The normalized spacial score (nSPS) is 17.2. The van der Waals surface area contributed by atoms with Crippen LogP contribution < -0.4 is 14.8 Å². The Labute approximate surface area is 188 Å². The molecule has 170 valence electrons. The van der Waals surface area contributed by atoms with Crippen LogP contribution in [0.5, 0.6) is 11.5 Å². The minimum atomic E-state index is -1.03. The number of para-hydroxylation sites is 1. The summed E-state index contributed by atoms with van der Waals surface area (Å²) in [6.07, 6.45) is 3.29. The summed E-state index contributed by atoms with van der Waals surface area (Å²) in [5, 5.41) is 11.8. The highest BCUT2D eigenvalue weighted by Crippen LogP contribution is 2.27. The maximum Gasteiger partial charge on any atom is 0.251 e. The van der Waals surface area contributed by atoms with E-state index in [2.05, 4.69) is 16.9 Å². The molecule has 0 aromatic heterocycles. The van der Waals surface area contributed by atoms with E-state index in [9.17, 15) is 4.79 Å². The molecule has 3 rings (SSSR count). The van der Waals surface area contributed by atoms with Gasteiger partial charge < -0.3 is 24.6 Å². The molecular formula is C25H30N2O5. The maximum absolute atomic E-state index is 13.1. The molecular weight excluding hydrogens is 408 g/mol. The Morgan fingerprint density at radius 2 is 2.06 bits per heavy atom. The molecule has 7 heteroatoms. The number of aliphatic imine (C=N–C) groups is 1. The number of carbonyl (C=O) groups is 1. The third-order valence-electron chi connectivity index (χ3n) is 5.21. The predicted molar refractivity (Wildman–Crippen MR) is 123 cm³/mol. The lowest BCUT2D eigenvalue weighted by molar-refractivity contribution is -0.126. The van der Waals surface area contributed by atoms with Gasteiger partial charge in [0.25, 0.3) is 5.91 Å². The molecule has 0 unspecified atom stereocenters. The van der Waals surface area contributed by atoms with Crippen LogP contribution in [0.1, 0.15) is 24.0 Å². The van der Waals surface area contributed by atoms with Gasteiger partial charge in [0, 0.05) is 31.6 Å². The van der Waals surface area contributed by atoms with Crippen LogP contribution in [0.15, 0.2) is 66.2 Å². The van der Waals surface area contributed by atoms with Gasteiger partial charge in [-0.25, -0.2) is 4.99 Å². The first kappa shape index (κ1) is 23.3. The van der Waals surface area contributed by atoms with Crippen LogP contribution in [0.2, 0.25) is 0 Å². The van der Waals surface area contributed by atoms with E-state index < -0.39 is 5.54 Å². The number of hydrogen-bond donors (Lipinski definition) is 2. The number of benzene rings is 2. The van der Waals surface area contributed by atoms with Gasteiger partial charge in [0.1, 0.15) is 18.1 Å². The van der Waals surface area contributed by atoms with Crippen LogP contribution in [-0.4, -0.2) is 55.9 Å². The summed E-state index contributed by atoms with van der Waals surface area (Å²) in [6.45, 7) is 4.95. The third-order valence-corrected chi connectivity index (χ3v) is 5.21. The summed E-state index contributed by atoms with van der Waals surface area (Å²) in [6, 6.07) is 15.1. The molecule has 0 spiro atoms. The first-order valence-electron chi connectivity index (χ1n) is 10.7. The van der Waals surface area contributed by atoms with E-state index in [4.69, 9.17) is 19.3 Å². The first-order chi connectivity index (χ1) is 15.6. The molecule has 0 fully saturated rings. The van der Waals surface area contributed by atoms with Gasteiger partial charge in [-0.3, -0.25) is 4.79 Å². The average Bonchev–Trinajstić information content (AvgIpc) is 3.25. The van der Waals surface area contributed by atoms with Crippen molar-refractivity contribution >= 4 is 11.8 Å². The van der Waals surface area contributed by atoms with Gasteiger partial charge in [0.05, 0.1) is 13.7 Å². The van der Waals surface area contributed by atoms with Crippen LogP contribution in [-0.2, 0) is 16.0 Å². The Morgan fingerprint density at radius 1 is 1.28 bits per heavy atom. The van der Waals surface area contributed by atoms with Gasteiger partial charge in [-0.2, -0.15) is 0 Å². The minimum absolute atomic E-state index is 0.0923. The Bertz CT molecular complexity index is 942. The molecule has 0 saturated carbocycles. The van der Waals surface area contributed by atoms with Crippen molar-refractivity contribution in [3.8, 4) is 11.5 Å². The number of carbonyl (C=O) groups excluding carboxylic acids is 1. The van der Waals surface area contributed by atoms with Crippen molar-refractivity contribution in [2.75, 3.05) is 33.5 Å². The standard InChI is InChI=1S/C25H30N2O5/c1-3-14-25(24(29)26-15-13-19-7-4-5-8-22(19)30-2)18-32-23(27-25)20-9-11-21(12-10-20)31-17-6-16-28/h3-5,7-12,28H,1,6,13-18H2,2H3,(H,26,29)/t25-/m1/s1. The second kappa shape index (κ2) is 11.3. The Morgan fingerprint density at radius 3 is 2.78 bits per heavy atom. The molecule has 2 N–H and O–H groups in total. The Hall–Kier alpha value is -3.32. The lowest BCUT2D eigenvalue weighted by Crippen LogP contribution is -2.47. The molecule has 1 aliphatic heterocycles. The molecule has 0 radical (unpaired) electrons. The number of methoxy groups -OCH3 is 1. The molecule has 2 aromatic rings. The van der Waals surface area contributed by atoms with Gasteiger partial charge >= 0.3 is 0 Å². The van der Waals surface area contributed by atoms with Gasteiger partial charge in [0.2, 0.25) is 5.90 Å². The van der Waals surface area contributed by atoms with E-state index in [0.29, 0.717) is 44.1 Å². The van der Waals surface area contributed by atoms with Crippen molar-refractivity contribution in [1.82, 2.24) is 5.32 Å². The highest BCUT2D eigenvalue weighted by atomic mass is 16.5. The summed E-state index contributed by atoms with van der Waals surface area (Å²) in [4.78, 5) is 17.7. The Kier molecular flexibility index (Phi) is 8.27. The van der Waals surface area contributed by atoms with E-state index in [0.717, 1.165) is 16.9 Å². The molecule has 1 amide bonds. The lowest BCUT2D eigenvalue weighted by Gasteiger charge is -2.21. The monoisotopic (exact) mass is 438 g/mol. The molecule has 2 aromatic carbocycles. The smallest absolute Gasteiger partial charge is 0.251 e. The first-order valence-corrected chi connectivity index (χ1v) is 10.7. The third kappa shape index (κ3) is 5.68. The molecule has 1 atom stereocenters. The predicted octanol–water partition coefficient (Wildman–Crippen LogP) is 2.91. The molecule has 1 heterocycles. The highest BCUT2D eigenvalue weighted by Gasteiger charge is 2.43. The molecule has 0 saturated heterocycles. The summed E-state index contributed by atoms with van der Waals surface area (Å²) in [7, 11) is 1.64. The zero-order valence-electron chi connectivity index (χ0n) is 18.4. The molecule has 7 nitrogen and oxygen atoms in total. The molecule has 1 aliphatic rings. The number of ether oxygens (including phenoxy) is 3. The van der Waals surface area contributed by atoms with Gasteiger partial charge in [-0.15, -0.1) is 6.58 Å². The zero-order valence-corrected chi connectivity index (χ0v) is 18.4. The average molecular weight is 439 g/mol. The van der Waals surface area contributed by atoms with E-state index in [1.165, 1.54) is 0 Å². The van der Waals surface area contributed by atoms with Crippen molar-refractivity contribution in [1.29, 1.82) is 0 Å². The fourth-order valence-corrected chi connectivity index (χ4v) is 3.48. The lowest BCUT2D eigenvalue weighted by atomic mass is 9.96. The van der Waals surface area contributed by atoms with Crippen LogP contribution in [0.25, 0.3) is 0 Å². The van der Waals surface area contributed by atoms with Crippen LogP contribution in [0.4, 0.5) is 0 Å². The van der Waals surface area contributed by atoms with Crippen molar-refractivity contribution in [2.45, 2.75) is 24.8 Å².